The molecule has 0 aliphatic carbocycles. The van der Waals surface area contributed by atoms with Crippen molar-refractivity contribution < 1.29 is 0 Å². The minimum Gasteiger partial charge on any atom is -0.382 e. The van der Waals surface area contributed by atoms with E-state index in [9.17, 15) is 0 Å². The van der Waals surface area contributed by atoms with E-state index in [-0.39, 0.29) is 0 Å². The van der Waals surface area contributed by atoms with Crippen LogP contribution in [-0.4, -0.2) is 33.4 Å². The average molecular weight is 476 g/mol. The van der Waals surface area contributed by atoms with Gasteiger partial charge in [0.05, 0.1) is 5.52 Å². The summed E-state index contributed by atoms with van der Waals surface area (Å²) in [6.07, 6.45) is 8.59. The lowest BCUT2D eigenvalue weighted by Crippen LogP contribution is -2.24. The van der Waals surface area contributed by atoms with Crippen molar-refractivity contribution in [2.45, 2.75) is 39.2 Å². The zero-order valence-electron chi connectivity index (χ0n) is 21.3. The first-order chi connectivity index (χ1) is 17.5. The van der Waals surface area contributed by atoms with Gasteiger partial charge in [-0.3, -0.25) is 14.9 Å². The molecule has 0 fully saturated rings. The average Bonchev–Trinajstić information content (AvgIpc) is 2.91. The molecule has 2 aromatic carbocycles. The Bertz CT molecular complexity index is 1480. The van der Waals surface area contributed by atoms with Gasteiger partial charge in [-0.2, -0.15) is 0 Å². The maximum Gasteiger partial charge on any atom is 0.150 e. The second-order valence-electron chi connectivity index (χ2n) is 9.76. The van der Waals surface area contributed by atoms with Crippen LogP contribution >= 0.6 is 0 Å². The van der Waals surface area contributed by atoms with Crippen LogP contribution in [0.4, 0.5) is 5.82 Å². The molecule has 3 heterocycles. The third-order valence-electron chi connectivity index (χ3n) is 7.20. The van der Waals surface area contributed by atoms with Crippen molar-refractivity contribution in [3.8, 4) is 0 Å². The fourth-order valence-corrected chi connectivity index (χ4v) is 4.75. The second-order valence-corrected chi connectivity index (χ2v) is 9.76. The molecule has 0 saturated heterocycles. The van der Waals surface area contributed by atoms with Crippen LogP contribution in [0.5, 0.6) is 0 Å². The van der Waals surface area contributed by atoms with Gasteiger partial charge in [0.1, 0.15) is 5.52 Å². The lowest BCUT2D eigenvalue weighted by Gasteiger charge is -2.25. The summed E-state index contributed by atoms with van der Waals surface area (Å²) in [5.41, 5.74) is 14.3. The van der Waals surface area contributed by atoms with Crippen LogP contribution in [0, 0.1) is 6.92 Å². The minimum atomic E-state index is 0.363. The molecule has 0 spiro atoms. The Morgan fingerprint density at radius 2 is 1.56 bits per heavy atom. The van der Waals surface area contributed by atoms with Gasteiger partial charge in [-0.25, -0.2) is 4.98 Å². The molecule has 0 saturated carbocycles. The standard InChI is InChI=1S/C31H33N5/c1-21-4-11-27-28-19-25(20-34-30(28)31(32)35-29(27)18-21)6-5-23-7-9-26(10-8-23)22(2)36(3)17-14-24-12-15-33-16-13-24/h4,7-13,15-16,18-20,22H,5-6,14,17H2,1-3H3,(H2,32,35). The van der Waals surface area contributed by atoms with E-state index in [1.165, 1.54) is 27.8 Å². The van der Waals surface area contributed by atoms with Crippen molar-refractivity contribution in [1.29, 1.82) is 0 Å². The summed E-state index contributed by atoms with van der Waals surface area (Å²) in [6, 6.07) is 22.2. The van der Waals surface area contributed by atoms with Crippen LogP contribution in [-0.2, 0) is 19.3 Å². The summed E-state index contributed by atoms with van der Waals surface area (Å²) < 4.78 is 0. The monoisotopic (exact) mass is 475 g/mol. The fourth-order valence-electron chi connectivity index (χ4n) is 4.75. The molecule has 5 heteroatoms. The molecular formula is C31H33N5. The van der Waals surface area contributed by atoms with Crippen LogP contribution in [0.15, 0.2) is 79.3 Å². The molecule has 0 aliphatic heterocycles. The lowest BCUT2D eigenvalue weighted by atomic mass is 10.00. The number of rotatable bonds is 8. The Morgan fingerprint density at radius 3 is 2.33 bits per heavy atom. The third-order valence-corrected chi connectivity index (χ3v) is 7.20. The van der Waals surface area contributed by atoms with E-state index in [1.807, 2.05) is 18.6 Å². The van der Waals surface area contributed by atoms with Crippen LogP contribution in [0.3, 0.4) is 0 Å². The van der Waals surface area contributed by atoms with Crippen molar-refractivity contribution in [3.05, 3.63) is 107 Å². The molecule has 5 rings (SSSR count). The van der Waals surface area contributed by atoms with E-state index in [1.54, 1.807) is 0 Å². The van der Waals surface area contributed by atoms with Crippen LogP contribution in [0.2, 0.25) is 0 Å². The highest BCUT2D eigenvalue weighted by molar-refractivity contribution is 6.08. The number of anilines is 1. The molecule has 3 aromatic heterocycles. The first-order valence-corrected chi connectivity index (χ1v) is 12.6. The maximum absolute atomic E-state index is 6.22. The molecule has 0 amide bonds. The number of nitrogens with zero attached hydrogens (tertiary/aromatic N) is 4. The number of nitrogens with two attached hydrogens (primary N) is 1. The van der Waals surface area contributed by atoms with Gasteiger partial charge in [0.15, 0.2) is 5.82 Å². The zero-order chi connectivity index (χ0) is 25.1. The van der Waals surface area contributed by atoms with Gasteiger partial charge in [-0.1, -0.05) is 36.4 Å². The van der Waals surface area contributed by atoms with E-state index in [2.05, 4.69) is 101 Å². The number of likely N-dealkylation sites (N-methyl/N-ethyl adjacent to an activating group) is 1. The molecule has 2 N–H and O–H groups in total. The van der Waals surface area contributed by atoms with Gasteiger partial charge in [-0.15, -0.1) is 0 Å². The van der Waals surface area contributed by atoms with Crippen LogP contribution in [0.25, 0.3) is 21.8 Å². The Kier molecular flexibility index (Phi) is 6.92. The summed E-state index contributed by atoms with van der Waals surface area (Å²) in [5, 5.41) is 2.18. The number of hydrogen-bond donors (Lipinski definition) is 1. The van der Waals surface area contributed by atoms with Gasteiger partial charge < -0.3 is 5.73 Å². The Labute approximate surface area is 213 Å². The van der Waals surface area contributed by atoms with E-state index in [0.717, 1.165) is 47.6 Å². The number of aromatic nitrogens is 3. The number of fused-ring (bicyclic) bond motifs is 3. The van der Waals surface area contributed by atoms with Gasteiger partial charge in [0.25, 0.3) is 0 Å². The highest BCUT2D eigenvalue weighted by atomic mass is 15.1. The first kappa shape index (κ1) is 23.9. The normalized spacial score (nSPS) is 12.4. The van der Waals surface area contributed by atoms with Crippen molar-refractivity contribution in [3.63, 3.8) is 0 Å². The van der Waals surface area contributed by atoms with Gasteiger partial charge in [0.2, 0.25) is 0 Å². The molecule has 5 aromatic rings. The maximum atomic E-state index is 6.22. The summed E-state index contributed by atoms with van der Waals surface area (Å²) >= 11 is 0. The predicted molar refractivity (Wildman–Crippen MR) is 149 cm³/mol. The summed E-state index contributed by atoms with van der Waals surface area (Å²) in [6.45, 7) is 5.35. The van der Waals surface area contributed by atoms with E-state index >= 15 is 0 Å². The third kappa shape index (κ3) is 5.21. The van der Waals surface area contributed by atoms with E-state index in [4.69, 9.17) is 5.73 Å². The Balaban J connectivity index is 1.25. The number of pyridine rings is 3. The highest BCUT2D eigenvalue weighted by Gasteiger charge is 2.12. The summed E-state index contributed by atoms with van der Waals surface area (Å²) in [4.78, 5) is 15.7. The molecule has 182 valence electrons. The summed E-state index contributed by atoms with van der Waals surface area (Å²) in [5.74, 6) is 0.491. The fraction of sp³-hybridized carbons (Fsp3) is 0.258. The Hall–Kier alpha value is -3.83. The van der Waals surface area contributed by atoms with Crippen molar-refractivity contribution >= 4 is 27.6 Å². The molecule has 5 nitrogen and oxygen atoms in total. The molecule has 36 heavy (non-hydrogen) atoms. The van der Waals surface area contributed by atoms with Crippen LogP contribution < -0.4 is 5.73 Å². The molecule has 0 aliphatic rings. The Morgan fingerprint density at radius 1 is 0.833 bits per heavy atom. The largest absolute Gasteiger partial charge is 0.382 e. The van der Waals surface area contributed by atoms with Gasteiger partial charge in [-0.05, 0) is 92.2 Å². The molecular weight excluding hydrogens is 442 g/mol. The number of hydrogen-bond acceptors (Lipinski definition) is 5. The second kappa shape index (κ2) is 10.4. The van der Waals surface area contributed by atoms with Gasteiger partial charge >= 0.3 is 0 Å². The highest BCUT2D eigenvalue weighted by Crippen LogP contribution is 2.28. The first-order valence-electron chi connectivity index (χ1n) is 12.6. The molecule has 0 radical (unpaired) electrons. The SMILES string of the molecule is Cc1ccc2c(c1)nc(N)c1ncc(CCc3ccc(C(C)N(C)CCc4ccncc4)cc3)cc12. The van der Waals surface area contributed by atoms with Crippen LogP contribution in [0.1, 0.15) is 40.8 Å². The van der Waals surface area contributed by atoms with Gasteiger partial charge in [0, 0.05) is 41.9 Å². The number of benzene rings is 2. The molecule has 0 bridgehead atoms. The van der Waals surface area contributed by atoms with E-state index in [0.29, 0.717) is 11.9 Å². The molecule has 1 unspecified atom stereocenters. The predicted octanol–water partition coefficient (Wildman–Crippen LogP) is 6.09. The smallest absolute Gasteiger partial charge is 0.150 e. The lowest BCUT2D eigenvalue weighted by molar-refractivity contribution is 0.265. The number of nitrogen functional groups attached to an aromatic ring is 1. The summed E-state index contributed by atoms with van der Waals surface area (Å²) in [7, 11) is 2.19. The molecule has 1 atom stereocenters. The topological polar surface area (TPSA) is 67.9 Å². The van der Waals surface area contributed by atoms with Crippen molar-refractivity contribution in [2.75, 3.05) is 19.3 Å². The number of aryl methyl sites for hydroxylation is 3. The van der Waals surface area contributed by atoms with Crippen molar-refractivity contribution in [2.24, 2.45) is 0 Å². The van der Waals surface area contributed by atoms with Crippen molar-refractivity contribution in [1.82, 2.24) is 19.9 Å². The minimum absolute atomic E-state index is 0.363. The van der Waals surface area contributed by atoms with E-state index < -0.39 is 0 Å². The quantitative estimate of drug-likeness (QED) is 0.275. The zero-order valence-corrected chi connectivity index (χ0v) is 21.3.